The summed E-state index contributed by atoms with van der Waals surface area (Å²) in [6, 6.07) is 4.24. The second-order valence-corrected chi connectivity index (χ2v) is 4.68. The van der Waals surface area contributed by atoms with Crippen LogP contribution >= 0.6 is 0 Å². The van der Waals surface area contributed by atoms with Crippen LogP contribution in [0.15, 0.2) is 18.3 Å². The predicted octanol–water partition coefficient (Wildman–Crippen LogP) is 1.78. The van der Waals surface area contributed by atoms with E-state index in [0.29, 0.717) is 6.04 Å². The van der Waals surface area contributed by atoms with Crippen LogP contribution in [-0.2, 0) is 6.54 Å². The fraction of sp³-hybridized carbons (Fsp3) is 0.462. The molecule has 2 heterocycles. The molecule has 0 radical (unpaired) electrons. The topological polar surface area (TPSA) is 55.6 Å². The Balaban J connectivity index is 2.32. The highest BCUT2D eigenvalue weighted by Crippen LogP contribution is 2.16. The molecular weight excluding hydrogens is 226 g/mol. The van der Waals surface area contributed by atoms with Gasteiger partial charge in [0.1, 0.15) is 0 Å². The first-order chi connectivity index (χ1) is 8.59. The molecule has 5 heteroatoms. The zero-order valence-electron chi connectivity index (χ0n) is 11.3. The van der Waals surface area contributed by atoms with Gasteiger partial charge >= 0.3 is 0 Å². The molecule has 0 atom stereocenters. The van der Waals surface area contributed by atoms with Crippen molar-refractivity contribution in [3.05, 3.63) is 35.3 Å². The molecule has 1 N–H and O–H groups in total. The number of aromatic nitrogens is 4. The van der Waals surface area contributed by atoms with Gasteiger partial charge in [-0.1, -0.05) is 13.8 Å². The van der Waals surface area contributed by atoms with Crippen LogP contribution in [0.3, 0.4) is 0 Å². The molecule has 0 unspecified atom stereocenters. The summed E-state index contributed by atoms with van der Waals surface area (Å²) < 4.78 is 1.85. The van der Waals surface area contributed by atoms with Crippen LogP contribution in [0.4, 0.5) is 0 Å². The first kappa shape index (κ1) is 12.7. The van der Waals surface area contributed by atoms with Gasteiger partial charge in [0.2, 0.25) is 0 Å². The fourth-order valence-corrected chi connectivity index (χ4v) is 1.87. The van der Waals surface area contributed by atoms with Crippen LogP contribution < -0.4 is 5.32 Å². The van der Waals surface area contributed by atoms with Gasteiger partial charge in [-0.25, -0.2) is 4.68 Å². The Hall–Kier alpha value is -1.75. The average Bonchev–Trinajstić information content (AvgIpc) is 2.63. The summed E-state index contributed by atoms with van der Waals surface area (Å²) >= 11 is 0. The maximum absolute atomic E-state index is 4.53. The first-order valence-corrected chi connectivity index (χ1v) is 6.16. The summed E-state index contributed by atoms with van der Waals surface area (Å²) in [5.74, 6) is 0.758. The molecule has 0 aliphatic rings. The Kier molecular flexibility index (Phi) is 3.72. The summed E-state index contributed by atoms with van der Waals surface area (Å²) in [6.45, 7) is 9.19. The van der Waals surface area contributed by atoms with Gasteiger partial charge in [-0.2, -0.15) is 10.2 Å². The van der Waals surface area contributed by atoms with Crippen molar-refractivity contribution in [3.8, 4) is 5.82 Å². The maximum Gasteiger partial charge on any atom is 0.175 e. The third-order valence-corrected chi connectivity index (χ3v) is 2.90. The fourth-order valence-electron chi connectivity index (χ4n) is 1.87. The van der Waals surface area contributed by atoms with E-state index in [4.69, 9.17) is 0 Å². The number of nitrogens with zero attached hydrogens (tertiary/aromatic N) is 4. The van der Waals surface area contributed by atoms with Crippen LogP contribution in [0, 0.1) is 13.8 Å². The van der Waals surface area contributed by atoms with Gasteiger partial charge in [-0.15, -0.1) is 5.10 Å². The van der Waals surface area contributed by atoms with Gasteiger partial charge in [-0.05, 0) is 26.0 Å². The predicted molar refractivity (Wildman–Crippen MR) is 70.6 cm³/mol. The molecular formula is C13H19N5. The molecule has 2 rings (SSSR count). The first-order valence-electron chi connectivity index (χ1n) is 6.16. The Bertz CT molecular complexity index is 516. The van der Waals surface area contributed by atoms with Crippen LogP contribution in [-0.4, -0.2) is 26.0 Å². The van der Waals surface area contributed by atoms with Crippen molar-refractivity contribution in [2.75, 3.05) is 0 Å². The number of hydrogen-bond acceptors (Lipinski definition) is 4. The van der Waals surface area contributed by atoms with E-state index in [1.165, 1.54) is 5.56 Å². The van der Waals surface area contributed by atoms with E-state index in [1.54, 1.807) is 6.20 Å². The van der Waals surface area contributed by atoms with Crippen molar-refractivity contribution in [2.24, 2.45) is 0 Å². The van der Waals surface area contributed by atoms with Crippen molar-refractivity contribution >= 4 is 0 Å². The van der Waals surface area contributed by atoms with E-state index in [9.17, 15) is 0 Å². The molecule has 0 fully saturated rings. The molecule has 0 aromatic carbocycles. The molecule has 0 bridgehead atoms. The van der Waals surface area contributed by atoms with Crippen LogP contribution in [0.1, 0.15) is 30.8 Å². The highest BCUT2D eigenvalue weighted by Gasteiger charge is 2.13. The monoisotopic (exact) mass is 245 g/mol. The van der Waals surface area contributed by atoms with Crippen molar-refractivity contribution in [2.45, 2.75) is 40.3 Å². The lowest BCUT2D eigenvalue weighted by Gasteiger charge is -2.08. The van der Waals surface area contributed by atoms with E-state index < -0.39 is 0 Å². The van der Waals surface area contributed by atoms with Crippen LogP contribution in [0.2, 0.25) is 0 Å². The lowest BCUT2D eigenvalue weighted by Crippen LogP contribution is -2.22. The zero-order valence-corrected chi connectivity index (χ0v) is 11.3. The lowest BCUT2D eigenvalue weighted by molar-refractivity contribution is 0.586. The van der Waals surface area contributed by atoms with Gasteiger partial charge < -0.3 is 5.32 Å². The van der Waals surface area contributed by atoms with Gasteiger partial charge in [-0.3, -0.25) is 0 Å². The second kappa shape index (κ2) is 5.27. The third-order valence-electron chi connectivity index (χ3n) is 2.90. The molecule has 2 aromatic rings. The summed E-state index contributed by atoms with van der Waals surface area (Å²) in [6.07, 6.45) is 1.66. The minimum Gasteiger partial charge on any atom is -0.310 e. The van der Waals surface area contributed by atoms with Gasteiger partial charge in [0, 0.05) is 30.0 Å². The molecule has 0 aliphatic heterocycles. The Morgan fingerprint density at radius 3 is 2.72 bits per heavy atom. The highest BCUT2D eigenvalue weighted by molar-refractivity contribution is 5.31. The zero-order chi connectivity index (χ0) is 13.1. The molecule has 0 amide bonds. The quantitative estimate of drug-likeness (QED) is 0.892. The average molecular weight is 245 g/mol. The number of hydrogen-bond donors (Lipinski definition) is 1. The number of aryl methyl sites for hydroxylation is 1. The largest absolute Gasteiger partial charge is 0.310 e. The standard InChI is InChI=1S/C13H19N5/c1-9(2)14-8-12-10(3)17-18(11(12)4)13-6-5-7-15-16-13/h5-7,9,14H,8H2,1-4H3. The molecule has 2 aromatic heterocycles. The second-order valence-electron chi connectivity index (χ2n) is 4.68. The van der Waals surface area contributed by atoms with Gasteiger partial charge in [0.25, 0.3) is 0 Å². The van der Waals surface area contributed by atoms with Crippen molar-refractivity contribution in [1.82, 2.24) is 25.3 Å². The molecule has 0 saturated heterocycles. The smallest absolute Gasteiger partial charge is 0.175 e. The molecule has 0 spiro atoms. The maximum atomic E-state index is 4.53. The molecule has 0 aliphatic carbocycles. The summed E-state index contributed by atoms with van der Waals surface area (Å²) in [4.78, 5) is 0. The Morgan fingerprint density at radius 1 is 1.33 bits per heavy atom. The third kappa shape index (κ3) is 2.56. The Morgan fingerprint density at radius 2 is 2.11 bits per heavy atom. The number of nitrogens with one attached hydrogen (secondary N) is 1. The Labute approximate surface area is 107 Å². The lowest BCUT2D eigenvalue weighted by atomic mass is 10.2. The van der Waals surface area contributed by atoms with Crippen molar-refractivity contribution in [1.29, 1.82) is 0 Å². The molecule has 18 heavy (non-hydrogen) atoms. The van der Waals surface area contributed by atoms with Gasteiger partial charge in [0.15, 0.2) is 5.82 Å². The minimum atomic E-state index is 0.462. The molecule has 96 valence electrons. The van der Waals surface area contributed by atoms with E-state index >= 15 is 0 Å². The van der Waals surface area contributed by atoms with E-state index in [0.717, 1.165) is 23.8 Å². The highest BCUT2D eigenvalue weighted by atomic mass is 15.3. The van der Waals surface area contributed by atoms with Gasteiger partial charge in [0.05, 0.1) is 5.69 Å². The van der Waals surface area contributed by atoms with Crippen LogP contribution in [0.5, 0.6) is 0 Å². The number of rotatable bonds is 4. The molecule has 0 saturated carbocycles. The SMILES string of the molecule is Cc1nn(-c2cccnn2)c(C)c1CNC(C)C. The summed E-state index contributed by atoms with van der Waals surface area (Å²) in [5.41, 5.74) is 3.38. The van der Waals surface area contributed by atoms with E-state index in [2.05, 4.69) is 41.4 Å². The van der Waals surface area contributed by atoms with Crippen LogP contribution in [0.25, 0.3) is 5.82 Å². The normalized spacial score (nSPS) is 11.2. The van der Waals surface area contributed by atoms with E-state index in [1.807, 2.05) is 23.7 Å². The van der Waals surface area contributed by atoms with Crippen molar-refractivity contribution in [3.63, 3.8) is 0 Å². The minimum absolute atomic E-state index is 0.462. The summed E-state index contributed by atoms with van der Waals surface area (Å²) in [7, 11) is 0. The molecule has 5 nitrogen and oxygen atoms in total. The van der Waals surface area contributed by atoms with Crippen molar-refractivity contribution < 1.29 is 0 Å². The van der Waals surface area contributed by atoms with E-state index in [-0.39, 0.29) is 0 Å². The summed E-state index contributed by atoms with van der Waals surface area (Å²) in [5, 5.41) is 15.9.